The van der Waals surface area contributed by atoms with Gasteiger partial charge in [-0.1, -0.05) is 80.9 Å². The summed E-state index contributed by atoms with van der Waals surface area (Å²) in [6, 6.07) is 22.8. The van der Waals surface area contributed by atoms with E-state index in [9.17, 15) is 0 Å². The van der Waals surface area contributed by atoms with E-state index in [1.165, 1.54) is 10.4 Å². The summed E-state index contributed by atoms with van der Waals surface area (Å²) in [6.07, 6.45) is 2.22. The van der Waals surface area contributed by atoms with Crippen molar-refractivity contribution in [2.24, 2.45) is 0 Å². The molecule has 0 aromatic heterocycles. The van der Waals surface area contributed by atoms with E-state index in [2.05, 4.69) is 74.5 Å². The summed E-state index contributed by atoms with van der Waals surface area (Å²) in [5.74, 6) is 0. The first-order chi connectivity index (χ1) is 9.83. The standard InChI is InChI=1S/C18H24OSi/c1-3-15-19-20(16-4-2,17-11-7-5-8-12-17)18-13-9-6-10-14-18/h5-14H,3-4,15-16H2,1-2H3. The average molecular weight is 284 g/mol. The van der Waals surface area contributed by atoms with Crippen molar-refractivity contribution in [1.29, 1.82) is 0 Å². The molecule has 0 atom stereocenters. The lowest BCUT2D eigenvalue weighted by atomic mass is 10.4. The van der Waals surface area contributed by atoms with Gasteiger partial charge in [-0.25, -0.2) is 0 Å². The van der Waals surface area contributed by atoms with Gasteiger partial charge in [-0.3, -0.25) is 0 Å². The van der Waals surface area contributed by atoms with Gasteiger partial charge in [0.1, 0.15) is 0 Å². The Morgan fingerprint density at radius 3 is 1.65 bits per heavy atom. The van der Waals surface area contributed by atoms with Gasteiger partial charge in [-0.2, -0.15) is 0 Å². The molecule has 0 heterocycles. The molecule has 0 unspecified atom stereocenters. The molecule has 2 aromatic carbocycles. The molecule has 0 saturated carbocycles. The maximum absolute atomic E-state index is 6.53. The van der Waals surface area contributed by atoms with Gasteiger partial charge in [0.05, 0.1) is 0 Å². The van der Waals surface area contributed by atoms with Crippen LogP contribution in [0, 0.1) is 0 Å². The molecule has 0 aliphatic rings. The van der Waals surface area contributed by atoms with Gasteiger partial charge in [0, 0.05) is 6.61 Å². The first-order valence-corrected chi connectivity index (χ1v) is 9.70. The molecule has 0 aliphatic heterocycles. The van der Waals surface area contributed by atoms with Gasteiger partial charge in [0.15, 0.2) is 0 Å². The van der Waals surface area contributed by atoms with Crippen molar-refractivity contribution in [1.82, 2.24) is 0 Å². The fourth-order valence-corrected chi connectivity index (χ4v) is 6.84. The van der Waals surface area contributed by atoms with Gasteiger partial charge in [-0.05, 0) is 22.8 Å². The largest absolute Gasteiger partial charge is 0.408 e. The van der Waals surface area contributed by atoms with Crippen LogP contribution in [0.2, 0.25) is 6.04 Å². The lowest BCUT2D eigenvalue weighted by Gasteiger charge is -2.32. The summed E-state index contributed by atoms with van der Waals surface area (Å²) in [6.45, 7) is 5.28. The van der Waals surface area contributed by atoms with Crippen LogP contribution in [0.3, 0.4) is 0 Å². The quantitative estimate of drug-likeness (QED) is 0.706. The molecule has 0 saturated heterocycles. The minimum absolute atomic E-state index is 0.843. The third-order valence-corrected chi connectivity index (χ3v) is 8.07. The minimum Gasteiger partial charge on any atom is -0.408 e. The van der Waals surface area contributed by atoms with E-state index in [0.29, 0.717) is 0 Å². The summed E-state index contributed by atoms with van der Waals surface area (Å²) >= 11 is 0. The monoisotopic (exact) mass is 284 g/mol. The minimum atomic E-state index is -2.07. The van der Waals surface area contributed by atoms with E-state index in [1.54, 1.807) is 0 Å². The maximum Gasteiger partial charge on any atom is 0.255 e. The molecule has 2 rings (SSSR count). The summed E-state index contributed by atoms with van der Waals surface area (Å²) < 4.78 is 6.53. The van der Waals surface area contributed by atoms with E-state index in [4.69, 9.17) is 4.43 Å². The fraction of sp³-hybridized carbons (Fsp3) is 0.333. The van der Waals surface area contributed by atoms with Gasteiger partial charge >= 0.3 is 0 Å². The molecule has 2 heteroatoms. The highest BCUT2D eigenvalue weighted by Gasteiger charge is 2.38. The third-order valence-electron chi connectivity index (χ3n) is 3.63. The Kier molecular flexibility index (Phi) is 5.56. The Morgan fingerprint density at radius 1 is 0.750 bits per heavy atom. The number of benzene rings is 2. The van der Waals surface area contributed by atoms with Crippen molar-refractivity contribution in [3.8, 4) is 0 Å². The van der Waals surface area contributed by atoms with E-state index < -0.39 is 8.32 Å². The SMILES string of the molecule is CCCO[Si](CCC)(c1ccccc1)c1ccccc1. The van der Waals surface area contributed by atoms with Crippen molar-refractivity contribution < 1.29 is 4.43 Å². The number of hydrogen-bond donors (Lipinski definition) is 0. The normalized spacial score (nSPS) is 11.5. The lowest BCUT2D eigenvalue weighted by Crippen LogP contribution is -2.60. The second-order valence-corrected chi connectivity index (χ2v) is 8.75. The Labute approximate surface area is 123 Å². The van der Waals surface area contributed by atoms with Crippen LogP contribution >= 0.6 is 0 Å². The predicted molar refractivity (Wildman–Crippen MR) is 89.2 cm³/mol. The highest BCUT2D eigenvalue weighted by Crippen LogP contribution is 2.16. The van der Waals surface area contributed by atoms with E-state index in [-0.39, 0.29) is 0 Å². The molecule has 20 heavy (non-hydrogen) atoms. The fourth-order valence-electron chi connectivity index (χ4n) is 2.74. The highest BCUT2D eigenvalue weighted by molar-refractivity contribution is 6.97. The van der Waals surface area contributed by atoms with E-state index in [1.807, 2.05) is 0 Å². The topological polar surface area (TPSA) is 9.23 Å². The Hall–Kier alpha value is -1.38. The summed E-state index contributed by atoms with van der Waals surface area (Å²) in [5, 5.41) is 2.78. The van der Waals surface area contributed by atoms with Crippen LogP contribution in [-0.2, 0) is 4.43 Å². The molecule has 0 aliphatic carbocycles. The van der Waals surface area contributed by atoms with Crippen LogP contribution in [0.15, 0.2) is 60.7 Å². The first-order valence-electron chi connectivity index (χ1n) is 7.58. The van der Waals surface area contributed by atoms with Crippen molar-refractivity contribution in [2.45, 2.75) is 32.7 Å². The molecule has 0 amide bonds. The molecule has 0 fully saturated rings. The second kappa shape index (κ2) is 7.41. The zero-order valence-electron chi connectivity index (χ0n) is 12.5. The van der Waals surface area contributed by atoms with Gasteiger partial charge < -0.3 is 4.43 Å². The van der Waals surface area contributed by atoms with Crippen LogP contribution < -0.4 is 10.4 Å². The Balaban J connectivity index is 2.50. The first kappa shape index (κ1) is 15.0. The van der Waals surface area contributed by atoms with Crippen LogP contribution in [0.25, 0.3) is 0 Å². The summed E-state index contributed by atoms with van der Waals surface area (Å²) in [5.41, 5.74) is 0. The molecule has 0 bridgehead atoms. The average Bonchev–Trinajstić information content (AvgIpc) is 2.53. The van der Waals surface area contributed by atoms with Crippen LogP contribution in [-0.4, -0.2) is 14.9 Å². The third kappa shape index (κ3) is 3.19. The van der Waals surface area contributed by atoms with Crippen molar-refractivity contribution in [3.05, 3.63) is 60.7 Å². The zero-order valence-corrected chi connectivity index (χ0v) is 13.5. The van der Waals surface area contributed by atoms with Gasteiger partial charge in [0.2, 0.25) is 0 Å². The zero-order chi connectivity index (χ0) is 14.3. The van der Waals surface area contributed by atoms with Crippen molar-refractivity contribution in [3.63, 3.8) is 0 Å². The molecule has 0 N–H and O–H groups in total. The van der Waals surface area contributed by atoms with Crippen molar-refractivity contribution in [2.75, 3.05) is 6.61 Å². The lowest BCUT2D eigenvalue weighted by molar-refractivity contribution is 0.314. The van der Waals surface area contributed by atoms with E-state index >= 15 is 0 Å². The molecule has 0 radical (unpaired) electrons. The smallest absolute Gasteiger partial charge is 0.255 e. The van der Waals surface area contributed by atoms with Crippen LogP contribution in [0.1, 0.15) is 26.7 Å². The van der Waals surface area contributed by atoms with Gasteiger partial charge in [-0.15, -0.1) is 0 Å². The highest BCUT2D eigenvalue weighted by atomic mass is 28.4. The molecular weight excluding hydrogens is 260 g/mol. The van der Waals surface area contributed by atoms with Gasteiger partial charge in [0.25, 0.3) is 8.32 Å². The Bertz CT molecular complexity index is 456. The predicted octanol–water partition coefficient (Wildman–Crippen LogP) is 3.58. The number of rotatable bonds is 7. The van der Waals surface area contributed by atoms with Crippen LogP contribution in [0.4, 0.5) is 0 Å². The molecular formula is C18H24OSi. The number of hydrogen-bond acceptors (Lipinski definition) is 1. The Morgan fingerprint density at radius 2 is 1.25 bits per heavy atom. The molecule has 106 valence electrons. The molecule has 1 nitrogen and oxygen atoms in total. The summed E-state index contributed by atoms with van der Waals surface area (Å²) in [7, 11) is -2.07. The second-order valence-electron chi connectivity index (χ2n) is 5.16. The van der Waals surface area contributed by atoms with E-state index in [0.717, 1.165) is 25.5 Å². The summed E-state index contributed by atoms with van der Waals surface area (Å²) in [4.78, 5) is 0. The maximum atomic E-state index is 6.53. The molecule has 2 aromatic rings. The molecule has 0 spiro atoms. The van der Waals surface area contributed by atoms with Crippen molar-refractivity contribution >= 4 is 18.7 Å². The van der Waals surface area contributed by atoms with Crippen LogP contribution in [0.5, 0.6) is 0 Å².